The quantitative estimate of drug-likeness (QED) is 0.438. The molecule has 0 aliphatic carbocycles. The van der Waals surface area contributed by atoms with Gasteiger partial charge >= 0.3 is 0 Å². The first-order valence-corrected chi connectivity index (χ1v) is 8.43. The highest BCUT2D eigenvalue weighted by Crippen LogP contribution is 2.12. The molecular weight excluding hydrogens is 290 g/mol. The van der Waals surface area contributed by atoms with Crippen molar-refractivity contribution in [3.8, 4) is 0 Å². The predicted molar refractivity (Wildman–Crippen MR) is 93.7 cm³/mol. The van der Waals surface area contributed by atoms with Crippen molar-refractivity contribution in [2.24, 2.45) is 10.9 Å². The lowest BCUT2D eigenvalue weighted by molar-refractivity contribution is 0.0888. The standard InChI is InChI=1S/C18H29N3O2/c1-15-5-3-6-16(11-15)12-21-18(19-2)20-8-4-9-22-13-17-7-10-23-14-17/h3,5-6,11,17H,4,7-10,12-14H2,1-2H3,(H2,19,20,21). The van der Waals surface area contributed by atoms with Crippen LogP contribution in [0.4, 0.5) is 0 Å². The van der Waals surface area contributed by atoms with Crippen LogP contribution in [-0.2, 0) is 16.0 Å². The molecule has 2 rings (SSSR count). The Bertz CT molecular complexity index is 485. The van der Waals surface area contributed by atoms with E-state index in [0.717, 1.165) is 58.3 Å². The van der Waals surface area contributed by atoms with Crippen molar-refractivity contribution in [2.75, 3.05) is 40.0 Å². The molecule has 1 fully saturated rings. The van der Waals surface area contributed by atoms with Crippen LogP contribution in [0.25, 0.3) is 0 Å². The van der Waals surface area contributed by atoms with Crippen molar-refractivity contribution >= 4 is 5.96 Å². The number of aliphatic imine (C=N–C) groups is 1. The van der Waals surface area contributed by atoms with Gasteiger partial charge in [0.1, 0.15) is 0 Å². The summed E-state index contributed by atoms with van der Waals surface area (Å²) in [4.78, 5) is 4.24. The van der Waals surface area contributed by atoms with Crippen LogP contribution in [0.3, 0.4) is 0 Å². The minimum atomic E-state index is 0.590. The average Bonchev–Trinajstić information content (AvgIpc) is 3.07. The molecule has 0 radical (unpaired) electrons. The molecule has 0 bridgehead atoms. The van der Waals surface area contributed by atoms with Gasteiger partial charge in [-0.3, -0.25) is 4.99 Å². The minimum Gasteiger partial charge on any atom is -0.381 e. The zero-order chi connectivity index (χ0) is 16.3. The Hall–Kier alpha value is -1.59. The number of hydrogen-bond acceptors (Lipinski definition) is 3. The van der Waals surface area contributed by atoms with E-state index in [1.165, 1.54) is 11.1 Å². The molecule has 1 aliphatic heterocycles. The van der Waals surface area contributed by atoms with Gasteiger partial charge < -0.3 is 20.1 Å². The lowest BCUT2D eigenvalue weighted by atomic mass is 10.1. The average molecular weight is 319 g/mol. The molecule has 5 heteroatoms. The molecule has 23 heavy (non-hydrogen) atoms. The summed E-state index contributed by atoms with van der Waals surface area (Å²) >= 11 is 0. The van der Waals surface area contributed by atoms with Crippen molar-refractivity contribution in [3.05, 3.63) is 35.4 Å². The molecule has 1 aliphatic rings. The summed E-state index contributed by atoms with van der Waals surface area (Å²) in [6, 6.07) is 8.48. The summed E-state index contributed by atoms with van der Waals surface area (Å²) in [5.74, 6) is 1.42. The Labute approximate surface area is 139 Å². The van der Waals surface area contributed by atoms with E-state index in [1.54, 1.807) is 7.05 Å². The third-order valence-electron chi connectivity index (χ3n) is 3.90. The second-order valence-electron chi connectivity index (χ2n) is 6.00. The van der Waals surface area contributed by atoms with Gasteiger partial charge in [-0.05, 0) is 25.3 Å². The monoisotopic (exact) mass is 319 g/mol. The molecular formula is C18H29N3O2. The Balaban J connectivity index is 1.54. The van der Waals surface area contributed by atoms with Crippen LogP contribution in [0.1, 0.15) is 24.0 Å². The lowest BCUT2D eigenvalue weighted by Gasteiger charge is -2.13. The first kappa shape index (κ1) is 17.8. The van der Waals surface area contributed by atoms with Crippen molar-refractivity contribution in [1.29, 1.82) is 0 Å². The van der Waals surface area contributed by atoms with Crippen LogP contribution in [0.2, 0.25) is 0 Å². The van der Waals surface area contributed by atoms with Crippen molar-refractivity contribution < 1.29 is 9.47 Å². The van der Waals surface area contributed by atoms with Crippen LogP contribution in [0.5, 0.6) is 0 Å². The largest absolute Gasteiger partial charge is 0.381 e. The summed E-state index contributed by atoms with van der Waals surface area (Å²) in [6.45, 7) is 7.08. The fourth-order valence-electron chi connectivity index (χ4n) is 2.57. The molecule has 1 aromatic rings. The molecule has 2 N–H and O–H groups in total. The number of hydrogen-bond donors (Lipinski definition) is 2. The summed E-state index contributed by atoms with van der Waals surface area (Å²) in [7, 11) is 1.79. The maximum absolute atomic E-state index is 5.70. The summed E-state index contributed by atoms with van der Waals surface area (Å²) in [6.07, 6.45) is 2.10. The van der Waals surface area contributed by atoms with Gasteiger partial charge in [0.15, 0.2) is 5.96 Å². The van der Waals surface area contributed by atoms with Crippen molar-refractivity contribution in [1.82, 2.24) is 10.6 Å². The van der Waals surface area contributed by atoms with Gasteiger partial charge in [-0.1, -0.05) is 29.8 Å². The Morgan fingerprint density at radius 1 is 1.39 bits per heavy atom. The molecule has 1 heterocycles. The summed E-state index contributed by atoms with van der Waals surface area (Å²) in [5, 5.41) is 6.65. The van der Waals surface area contributed by atoms with E-state index in [0.29, 0.717) is 5.92 Å². The lowest BCUT2D eigenvalue weighted by Crippen LogP contribution is -2.37. The highest BCUT2D eigenvalue weighted by Gasteiger charge is 2.15. The van der Waals surface area contributed by atoms with E-state index >= 15 is 0 Å². The van der Waals surface area contributed by atoms with Gasteiger partial charge in [0.25, 0.3) is 0 Å². The summed E-state index contributed by atoms with van der Waals surface area (Å²) < 4.78 is 11.0. The van der Waals surface area contributed by atoms with E-state index in [4.69, 9.17) is 9.47 Å². The van der Waals surface area contributed by atoms with E-state index in [-0.39, 0.29) is 0 Å². The number of ether oxygens (including phenoxy) is 2. The van der Waals surface area contributed by atoms with Crippen LogP contribution >= 0.6 is 0 Å². The number of benzene rings is 1. The van der Waals surface area contributed by atoms with Crippen molar-refractivity contribution in [2.45, 2.75) is 26.3 Å². The normalized spacial score (nSPS) is 18.2. The molecule has 5 nitrogen and oxygen atoms in total. The number of nitrogens with one attached hydrogen (secondary N) is 2. The second kappa shape index (κ2) is 10.2. The third-order valence-corrected chi connectivity index (χ3v) is 3.90. The van der Waals surface area contributed by atoms with Crippen LogP contribution in [-0.4, -0.2) is 46.0 Å². The highest BCUT2D eigenvalue weighted by molar-refractivity contribution is 5.79. The fourth-order valence-corrected chi connectivity index (χ4v) is 2.57. The van der Waals surface area contributed by atoms with Crippen molar-refractivity contribution in [3.63, 3.8) is 0 Å². The maximum Gasteiger partial charge on any atom is 0.191 e. The Kier molecular flexibility index (Phi) is 7.90. The second-order valence-corrected chi connectivity index (χ2v) is 6.00. The van der Waals surface area contributed by atoms with Gasteiger partial charge in [-0.25, -0.2) is 0 Å². The van der Waals surface area contributed by atoms with Gasteiger partial charge in [-0.2, -0.15) is 0 Å². The zero-order valence-corrected chi connectivity index (χ0v) is 14.3. The molecule has 1 saturated heterocycles. The van der Waals surface area contributed by atoms with E-state index in [2.05, 4.69) is 46.8 Å². The Morgan fingerprint density at radius 2 is 2.30 bits per heavy atom. The van der Waals surface area contributed by atoms with Gasteiger partial charge in [0, 0.05) is 39.3 Å². The zero-order valence-electron chi connectivity index (χ0n) is 14.3. The molecule has 0 aromatic heterocycles. The smallest absolute Gasteiger partial charge is 0.191 e. The molecule has 0 amide bonds. The Morgan fingerprint density at radius 3 is 3.04 bits per heavy atom. The molecule has 0 spiro atoms. The SMILES string of the molecule is CN=C(NCCCOCC1CCOC1)NCc1cccc(C)c1. The van der Waals surface area contributed by atoms with E-state index < -0.39 is 0 Å². The highest BCUT2D eigenvalue weighted by atomic mass is 16.5. The molecule has 128 valence electrons. The van der Waals surface area contributed by atoms with Gasteiger partial charge in [-0.15, -0.1) is 0 Å². The molecule has 1 aromatic carbocycles. The first-order valence-electron chi connectivity index (χ1n) is 8.43. The van der Waals surface area contributed by atoms with E-state index in [9.17, 15) is 0 Å². The van der Waals surface area contributed by atoms with Gasteiger partial charge in [0.2, 0.25) is 0 Å². The van der Waals surface area contributed by atoms with E-state index in [1.807, 2.05) is 0 Å². The third kappa shape index (κ3) is 7.01. The van der Waals surface area contributed by atoms with Crippen LogP contribution in [0.15, 0.2) is 29.3 Å². The molecule has 1 unspecified atom stereocenters. The van der Waals surface area contributed by atoms with Gasteiger partial charge in [0.05, 0.1) is 13.2 Å². The molecule has 0 saturated carbocycles. The molecule has 1 atom stereocenters. The summed E-state index contributed by atoms with van der Waals surface area (Å²) in [5.41, 5.74) is 2.53. The fraction of sp³-hybridized carbons (Fsp3) is 0.611. The first-order chi connectivity index (χ1) is 11.3. The van der Waals surface area contributed by atoms with Crippen LogP contribution < -0.4 is 10.6 Å². The minimum absolute atomic E-state index is 0.590. The predicted octanol–water partition coefficient (Wildman–Crippen LogP) is 2.10. The van der Waals surface area contributed by atoms with Crippen LogP contribution in [0, 0.1) is 12.8 Å². The number of guanidine groups is 1. The topological polar surface area (TPSA) is 54.9 Å². The maximum atomic E-state index is 5.70. The number of aryl methyl sites for hydroxylation is 1. The number of nitrogens with zero attached hydrogens (tertiary/aromatic N) is 1. The number of rotatable bonds is 8.